The third-order valence-electron chi connectivity index (χ3n) is 5.31. The zero-order valence-corrected chi connectivity index (χ0v) is 19.6. The minimum atomic E-state index is -0.312. The minimum absolute atomic E-state index is 0.0950. The highest BCUT2D eigenvalue weighted by Crippen LogP contribution is 2.37. The molecule has 0 spiro atoms. The lowest BCUT2D eigenvalue weighted by Gasteiger charge is -2.35. The predicted molar refractivity (Wildman–Crippen MR) is 118 cm³/mol. The van der Waals surface area contributed by atoms with Gasteiger partial charge in [0.25, 0.3) is 0 Å². The van der Waals surface area contributed by atoms with E-state index in [4.69, 9.17) is 9.47 Å². The van der Waals surface area contributed by atoms with E-state index >= 15 is 0 Å². The molecule has 1 aliphatic rings. The Morgan fingerprint density at radius 2 is 1.64 bits per heavy atom. The van der Waals surface area contributed by atoms with Gasteiger partial charge in [-0.05, 0) is 38.8 Å². The molecular weight excluding hydrogens is 350 g/mol. The number of aliphatic hydroxyl groups excluding tert-OH is 1. The van der Waals surface area contributed by atoms with Crippen LogP contribution in [0.3, 0.4) is 0 Å². The molecule has 0 saturated heterocycles. The molecule has 1 heterocycles. The number of methoxy groups -OCH3 is 1. The zero-order chi connectivity index (χ0) is 22.0. The first kappa shape index (κ1) is 26.4. The maximum Gasteiger partial charge on any atom is 0.141 e. The van der Waals surface area contributed by atoms with E-state index in [-0.39, 0.29) is 23.5 Å². The summed E-state index contributed by atoms with van der Waals surface area (Å²) in [7, 11) is 1.74. The van der Waals surface area contributed by atoms with Crippen LogP contribution in [0.5, 0.6) is 5.75 Å². The Kier molecular flexibility index (Phi) is 11.4. The smallest absolute Gasteiger partial charge is 0.141 e. The van der Waals surface area contributed by atoms with Gasteiger partial charge in [0.05, 0.1) is 11.8 Å². The average Bonchev–Trinajstić information content (AvgIpc) is 2.67. The lowest BCUT2D eigenvalue weighted by Crippen LogP contribution is -2.39. The third kappa shape index (κ3) is 7.11. The normalized spacial score (nSPS) is 18.2. The molecule has 1 aliphatic carbocycles. The van der Waals surface area contributed by atoms with Gasteiger partial charge in [-0.15, -0.1) is 0 Å². The summed E-state index contributed by atoms with van der Waals surface area (Å²) in [6, 6.07) is 3.83. The van der Waals surface area contributed by atoms with Crippen LogP contribution >= 0.6 is 0 Å². The zero-order valence-electron chi connectivity index (χ0n) is 19.6. The number of aliphatic hydroxyl groups is 1. The molecule has 0 radical (unpaired) electrons. The van der Waals surface area contributed by atoms with Crippen LogP contribution in [0.1, 0.15) is 79.6 Å². The Morgan fingerprint density at radius 3 is 2.11 bits per heavy atom. The van der Waals surface area contributed by atoms with E-state index in [1.165, 1.54) is 0 Å². The molecule has 0 atom stereocenters. The number of hydrogen-bond acceptors (Lipinski definition) is 4. The van der Waals surface area contributed by atoms with Crippen LogP contribution in [-0.4, -0.2) is 36.0 Å². The van der Waals surface area contributed by atoms with Gasteiger partial charge in [0, 0.05) is 37.4 Å². The summed E-state index contributed by atoms with van der Waals surface area (Å²) in [5.41, 5.74) is 0.986. The highest BCUT2D eigenvalue weighted by molar-refractivity contribution is 5.37. The Balaban J connectivity index is 0.00000171. The van der Waals surface area contributed by atoms with Gasteiger partial charge in [-0.3, -0.25) is 0 Å². The van der Waals surface area contributed by atoms with Crippen LogP contribution in [0.15, 0.2) is 12.1 Å². The van der Waals surface area contributed by atoms with Crippen molar-refractivity contribution >= 4 is 0 Å². The molecule has 1 fully saturated rings. The summed E-state index contributed by atoms with van der Waals surface area (Å²) in [6.45, 7) is 18.2. The standard InChI is InChI=1S/C20H29NO3.2C2H6/c1-14-18(24-17-11-16(12-17)23-6)8-7-15(21-14)9-10-19(2,3)20(4,5)13-22;2*1-2/h7-8,16-17,22H,11-13H2,1-6H3;2*1-2H3. The van der Waals surface area contributed by atoms with E-state index in [9.17, 15) is 5.11 Å². The Labute approximate surface area is 173 Å². The number of hydrogen-bond donors (Lipinski definition) is 1. The van der Waals surface area contributed by atoms with Crippen molar-refractivity contribution in [1.29, 1.82) is 0 Å². The van der Waals surface area contributed by atoms with E-state index < -0.39 is 0 Å². The minimum Gasteiger partial charge on any atom is -0.488 e. The van der Waals surface area contributed by atoms with Crippen molar-refractivity contribution in [2.45, 2.75) is 87.4 Å². The van der Waals surface area contributed by atoms with E-state index in [1.807, 2.05) is 74.4 Å². The average molecular weight is 392 g/mol. The van der Waals surface area contributed by atoms with Crippen molar-refractivity contribution in [3.8, 4) is 17.6 Å². The van der Waals surface area contributed by atoms with Gasteiger partial charge in [-0.2, -0.15) is 0 Å². The van der Waals surface area contributed by atoms with Gasteiger partial charge < -0.3 is 14.6 Å². The molecule has 2 rings (SSSR count). The SMILES string of the molecule is CC.CC.COC1CC(Oc2ccc(C#CC(C)(C)C(C)(C)CO)nc2C)C1. The number of aromatic nitrogens is 1. The molecule has 28 heavy (non-hydrogen) atoms. The van der Waals surface area contributed by atoms with Gasteiger partial charge in [-0.25, -0.2) is 4.98 Å². The third-order valence-corrected chi connectivity index (χ3v) is 5.31. The molecule has 1 N–H and O–H groups in total. The Hall–Kier alpha value is -1.57. The molecule has 0 unspecified atom stereocenters. The highest BCUT2D eigenvalue weighted by Gasteiger charge is 2.35. The largest absolute Gasteiger partial charge is 0.488 e. The van der Waals surface area contributed by atoms with Gasteiger partial charge in [0.15, 0.2) is 0 Å². The molecular formula is C24H41NO3. The highest BCUT2D eigenvalue weighted by atomic mass is 16.5. The Bertz CT molecular complexity index is 635. The van der Waals surface area contributed by atoms with Gasteiger partial charge in [0.2, 0.25) is 0 Å². The summed E-state index contributed by atoms with van der Waals surface area (Å²) in [6.07, 6.45) is 2.41. The van der Waals surface area contributed by atoms with Crippen molar-refractivity contribution in [1.82, 2.24) is 4.98 Å². The summed E-state index contributed by atoms with van der Waals surface area (Å²) in [5, 5.41) is 9.55. The molecule has 0 bridgehead atoms. The predicted octanol–water partition coefficient (Wildman–Crippen LogP) is 5.39. The van der Waals surface area contributed by atoms with Gasteiger partial charge in [-0.1, -0.05) is 47.5 Å². The second-order valence-corrected chi connectivity index (χ2v) is 7.77. The number of rotatable bonds is 5. The molecule has 4 heteroatoms. The lowest BCUT2D eigenvalue weighted by molar-refractivity contribution is -0.0384. The fraction of sp³-hybridized carbons (Fsp3) is 0.708. The number of aryl methyl sites for hydroxylation is 1. The molecule has 0 aromatic carbocycles. The maximum absolute atomic E-state index is 9.55. The van der Waals surface area contributed by atoms with Crippen LogP contribution in [0, 0.1) is 29.6 Å². The second kappa shape index (κ2) is 12.1. The molecule has 0 aliphatic heterocycles. The van der Waals surface area contributed by atoms with Crippen molar-refractivity contribution in [2.24, 2.45) is 10.8 Å². The first-order valence-electron chi connectivity index (χ1n) is 10.5. The van der Waals surface area contributed by atoms with Crippen LogP contribution < -0.4 is 4.74 Å². The number of pyridine rings is 1. The van der Waals surface area contributed by atoms with Crippen molar-refractivity contribution < 1.29 is 14.6 Å². The molecule has 160 valence electrons. The summed E-state index contributed by atoms with van der Waals surface area (Å²) in [4.78, 5) is 4.54. The maximum atomic E-state index is 9.55. The first-order chi connectivity index (χ1) is 13.2. The van der Waals surface area contributed by atoms with E-state index in [2.05, 4.69) is 16.8 Å². The summed E-state index contributed by atoms with van der Waals surface area (Å²) in [5.74, 6) is 7.22. The van der Waals surface area contributed by atoms with Crippen LogP contribution in [-0.2, 0) is 4.74 Å². The topological polar surface area (TPSA) is 51.6 Å². The number of nitrogens with zero attached hydrogens (tertiary/aromatic N) is 1. The van der Waals surface area contributed by atoms with Crippen molar-refractivity contribution in [3.63, 3.8) is 0 Å². The summed E-state index contributed by atoms with van der Waals surface area (Å²) < 4.78 is 11.2. The van der Waals surface area contributed by atoms with E-state index in [0.717, 1.165) is 30.0 Å². The van der Waals surface area contributed by atoms with Crippen LogP contribution in [0.25, 0.3) is 0 Å². The molecule has 4 nitrogen and oxygen atoms in total. The fourth-order valence-electron chi connectivity index (χ4n) is 2.32. The first-order valence-corrected chi connectivity index (χ1v) is 10.5. The van der Waals surface area contributed by atoms with Crippen LogP contribution in [0.4, 0.5) is 0 Å². The fourth-order valence-corrected chi connectivity index (χ4v) is 2.32. The lowest BCUT2D eigenvalue weighted by atomic mass is 9.69. The van der Waals surface area contributed by atoms with Crippen molar-refractivity contribution in [2.75, 3.05) is 13.7 Å². The van der Waals surface area contributed by atoms with Crippen molar-refractivity contribution in [3.05, 3.63) is 23.5 Å². The number of ether oxygens (including phenoxy) is 2. The molecule has 0 amide bonds. The molecule has 1 aromatic rings. The molecule has 1 saturated carbocycles. The van der Waals surface area contributed by atoms with Gasteiger partial charge >= 0.3 is 0 Å². The summed E-state index contributed by atoms with van der Waals surface area (Å²) >= 11 is 0. The van der Waals surface area contributed by atoms with Gasteiger partial charge in [0.1, 0.15) is 17.5 Å². The monoisotopic (exact) mass is 391 g/mol. The second-order valence-electron chi connectivity index (χ2n) is 7.77. The van der Waals surface area contributed by atoms with E-state index in [1.54, 1.807) is 7.11 Å². The van der Waals surface area contributed by atoms with Crippen LogP contribution in [0.2, 0.25) is 0 Å². The van der Waals surface area contributed by atoms with E-state index in [0.29, 0.717) is 6.10 Å². The quantitative estimate of drug-likeness (QED) is 0.683. The Morgan fingerprint density at radius 1 is 1.07 bits per heavy atom. The molecule has 1 aromatic heterocycles.